The molecule has 0 saturated heterocycles. The van der Waals surface area contributed by atoms with E-state index in [1.54, 1.807) is 11.3 Å². The minimum atomic E-state index is 0.762. The Balaban J connectivity index is 2.02. The molecule has 0 aliphatic heterocycles. The Hall–Kier alpha value is -1.26. The van der Waals surface area contributed by atoms with Gasteiger partial charge in [0.15, 0.2) is 0 Å². The molecule has 0 radical (unpaired) electrons. The van der Waals surface area contributed by atoms with Gasteiger partial charge in [-0.05, 0) is 37.9 Å². The van der Waals surface area contributed by atoms with Gasteiger partial charge < -0.3 is 5.73 Å². The number of hydrogen-bond acceptors (Lipinski definition) is 4. The van der Waals surface area contributed by atoms with Crippen molar-refractivity contribution in [1.82, 2.24) is 9.97 Å². The average Bonchev–Trinajstić information content (AvgIpc) is 2.79. The van der Waals surface area contributed by atoms with Crippen LogP contribution in [-0.2, 0) is 6.42 Å². The number of pyridine rings is 1. The minimum Gasteiger partial charge on any atom is -0.330 e. The van der Waals surface area contributed by atoms with Crippen LogP contribution in [0.25, 0.3) is 10.6 Å². The van der Waals surface area contributed by atoms with E-state index in [4.69, 9.17) is 5.73 Å². The topological polar surface area (TPSA) is 51.8 Å². The van der Waals surface area contributed by atoms with Crippen LogP contribution in [0.1, 0.15) is 17.8 Å². The van der Waals surface area contributed by atoms with E-state index in [0.717, 1.165) is 36.4 Å². The third-order valence-corrected chi connectivity index (χ3v) is 3.40. The largest absolute Gasteiger partial charge is 0.330 e. The molecular weight excluding hydrogens is 218 g/mol. The van der Waals surface area contributed by atoms with Crippen molar-refractivity contribution in [3.05, 3.63) is 35.6 Å². The molecule has 0 amide bonds. The molecule has 2 rings (SSSR count). The SMILES string of the molecule is NCCCCc1ncc(-c2ccccn2)s1. The van der Waals surface area contributed by atoms with Crippen molar-refractivity contribution in [2.45, 2.75) is 19.3 Å². The highest BCUT2D eigenvalue weighted by atomic mass is 32.1. The van der Waals surface area contributed by atoms with Crippen LogP contribution in [0.5, 0.6) is 0 Å². The number of nitrogens with two attached hydrogens (primary N) is 1. The Kier molecular flexibility index (Phi) is 4.02. The smallest absolute Gasteiger partial charge is 0.0931 e. The quantitative estimate of drug-likeness (QED) is 0.807. The molecular formula is C12H15N3S. The summed E-state index contributed by atoms with van der Waals surface area (Å²) in [5.74, 6) is 0. The van der Waals surface area contributed by atoms with E-state index in [-0.39, 0.29) is 0 Å². The van der Waals surface area contributed by atoms with Crippen molar-refractivity contribution in [1.29, 1.82) is 0 Å². The highest BCUT2D eigenvalue weighted by Gasteiger charge is 2.04. The predicted molar refractivity (Wildman–Crippen MR) is 67.3 cm³/mol. The van der Waals surface area contributed by atoms with Crippen molar-refractivity contribution in [2.75, 3.05) is 6.54 Å². The summed E-state index contributed by atoms with van der Waals surface area (Å²) in [6.45, 7) is 0.762. The monoisotopic (exact) mass is 233 g/mol. The van der Waals surface area contributed by atoms with Gasteiger partial charge in [-0.15, -0.1) is 11.3 Å². The molecule has 0 aromatic carbocycles. The van der Waals surface area contributed by atoms with Crippen LogP contribution in [0.2, 0.25) is 0 Å². The fourth-order valence-electron chi connectivity index (χ4n) is 1.47. The summed E-state index contributed by atoms with van der Waals surface area (Å²) in [4.78, 5) is 9.85. The zero-order valence-corrected chi connectivity index (χ0v) is 9.91. The number of hydrogen-bond donors (Lipinski definition) is 1. The van der Waals surface area contributed by atoms with Gasteiger partial charge in [0.25, 0.3) is 0 Å². The second-order valence-corrected chi connectivity index (χ2v) is 4.69. The van der Waals surface area contributed by atoms with E-state index in [1.807, 2.05) is 30.6 Å². The van der Waals surface area contributed by atoms with E-state index in [9.17, 15) is 0 Å². The summed E-state index contributed by atoms with van der Waals surface area (Å²) in [7, 11) is 0. The first-order chi connectivity index (χ1) is 7.90. The van der Waals surface area contributed by atoms with Gasteiger partial charge in [-0.2, -0.15) is 0 Å². The van der Waals surface area contributed by atoms with Crippen molar-refractivity contribution in [3.63, 3.8) is 0 Å². The van der Waals surface area contributed by atoms with E-state index in [0.29, 0.717) is 0 Å². The van der Waals surface area contributed by atoms with Gasteiger partial charge in [-0.1, -0.05) is 6.07 Å². The first kappa shape index (κ1) is 11.2. The fraction of sp³-hybridized carbons (Fsp3) is 0.333. The van der Waals surface area contributed by atoms with Gasteiger partial charge in [0, 0.05) is 12.4 Å². The standard InChI is InChI=1S/C12H15N3S/c13-7-3-1-6-12-15-9-11(16-12)10-5-2-4-8-14-10/h2,4-5,8-9H,1,3,6-7,13H2. The molecule has 2 aromatic heterocycles. The lowest BCUT2D eigenvalue weighted by Gasteiger charge is -1.94. The zero-order chi connectivity index (χ0) is 11.2. The van der Waals surface area contributed by atoms with E-state index in [2.05, 4.69) is 9.97 Å². The van der Waals surface area contributed by atoms with Gasteiger partial charge in [0.2, 0.25) is 0 Å². The molecule has 2 N–H and O–H groups in total. The van der Waals surface area contributed by atoms with E-state index < -0.39 is 0 Å². The molecule has 0 aliphatic carbocycles. The summed E-state index contributed by atoms with van der Waals surface area (Å²) >= 11 is 1.72. The molecule has 3 nitrogen and oxygen atoms in total. The average molecular weight is 233 g/mol. The van der Waals surface area contributed by atoms with Crippen LogP contribution in [0, 0.1) is 0 Å². The summed E-state index contributed by atoms with van der Waals surface area (Å²) in [5, 5.41) is 1.18. The second-order valence-electron chi connectivity index (χ2n) is 3.58. The molecule has 0 bridgehead atoms. The summed E-state index contributed by atoms with van der Waals surface area (Å²) in [6, 6.07) is 5.93. The van der Waals surface area contributed by atoms with Crippen LogP contribution >= 0.6 is 11.3 Å². The Morgan fingerprint density at radius 2 is 2.12 bits per heavy atom. The molecule has 0 aliphatic rings. The van der Waals surface area contributed by atoms with Crippen LogP contribution in [0.15, 0.2) is 30.6 Å². The molecule has 2 heterocycles. The van der Waals surface area contributed by atoms with Gasteiger partial charge in [0.05, 0.1) is 15.6 Å². The number of thiazole rings is 1. The number of rotatable bonds is 5. The summed E-state index contributed by atoms with van der Waals surface area (Å²) in [6.07, 6.45) is 6.92. The van der Waals surface area contributed by atoms with Gasteiger partial charge in [-0.3, -0.25) is 4.98 Å². The summed E-state index contributed by atoms with van der Waals surface area (Å²) < 4.78 is 0. The van der Waals surface area contributed by atoms with E-state index in [1.165, 1.54) is 5.01 Å². The molecule has 84 valence electrons. The zero-order valence-electron chi connectivity index (χ0n) is 9.10. The van der Waals surface area contributed by atoms with Crippen LogP contribution in [-0.4, -0.2) is 16.5 Å². The molecule has 0 unspecified atom stereocenters. The molecule has 0 atom stereocenters. The third-order valence-electron chi connectivity index (χ3n) is 2.32. The first-order valence-electron chi connectivity index (χ1n) is 5.46. The maximum atomic E-state index is 5.46. The third kappa shape index (κ3) is 2.87. The number of aromatic nitrogens is 2. The predicted octanol–water partition coefficient (Wildman–Crippen LogP) is 2.49. The molecule has 0 saturated carbocycles. The highest BCUT2D eigenvalue weighted by Crippen LogP contribution is 2.24. The van der Waals surface area contributed by atoms with Crippen LogP contribution < -0.4 is 5.73 Å². The van der Waals surface area contributed by atoms with Crippen LogP contribution in [0.4, 0.5) is 0 Å². The maximum absolute atomic E-state index is 5.46. The van der Waals surface area contributed by atoms with Crippen molar-refractivity contribution in [2.24, 2.45) is 5.73 Å². The highest BCUT2D eigenvalue weighted by molar-refractivity contribution is 7.15. The first-order valence-corrected chi connectivity index (χ1v) is 6.28. The van der Waals surface area contributed by atoms with Crippen molar-refractivity contribution >= 4 is 11.3 Å². The van der Waals surface area contributed by atoms with E-state index >= 15 is 0 Å². The lowest BCUT2D eigenvalue weighted by molar-refractivity contribution is 0.741. The maximum Gasteiger partial charge on any atom is 0.0931 e. The van der Waals surface area contributed by atoms with Crippen LogP contribution in [0.3, 0.4) is 0 Å². The van der Waals surface area contributed by atoms with Crippen molar-refractivity contribution < 1.29 is 0 Å². The number of aryl methyl sites for hydroxylation is 1. The number of unbranched alkanes of at least 4 members (excludes halogenated alkanes) is 1. The Morgan fingerprint density at radius 3 is 2.88 bits per heavy atom. The van der Waals surface area contributed by atoms with Crippen molar-refractivity contribution in [3.8, 4) is 10.6 Å². The van der Waals surface area contributed by atoms with Gasteiger partial charge >= 0.3 is 0 Å². The second kappa shape index (κ2) is 5.72. The normalized spacial score (nSPS) is 10.6. The molecule has 0 spiro atoms. The van der Waals surface area contributed by atoms with Gasteiger partial charge in [0.1, 0.15) is 0 Å². The Bertz CT molecular complexity index is 425. The Labute approximate surface area is 99.4 Å². The molecule has 16 heavy (non-hydrogen) atoms. The molecule has 4 heteroatoms. The summed E-state index contributed by atoms with van der Waals surface area (Å²) in [5.41, 5.74) is 6.47. The number of nitrogens with zero attached hydrogens (tertiary/aromatic N) is 2. The lowest BCUT2D eigenvalue weighted by Crippen LogP contribution is -1.98. The minimum absolute atomic E-state index is 0.762. The van der Waals surface area contributed by atoms with Gasteiger partial charge in [-0.25, -0.2) is 4.98 Å². The fourth-order valence-corrected chi connectivity index (χ4v) is 2.41. The Morgan fingerprint density at radius 1 is 1.19 bits per heavy atom. The molecule has 2 aromatic rings. The molecule has 0 fully saturated rings. The lowest BCUT2D eigenvalue weighted by atomic mass is 10.2.